The highest BCUT2D eigenvalue weighted by Crippen LogP contribution is 2.12. The van der Waals surface area contributed by atoms with Crippen molar-refractivity contribution in [3.05, 3.63) is 35.9 Å². The predicted octanol–water partition coefficient (Wildman–Crippen LogP) is 2.56. The number of aliphatic imine (C=N–C) groups is 1. The van der Waals surface area contributed by atoms with Crippen LogP contribution in [0.2, 0.25) is 0 Å². The van der Waals surface area contributed by atoms with Crippen molar-refractivity contribution in [2.45, 2.75) is 38.8 Å². The van der Waals surface area contributed by atoms with E-state index in [1.807, 2.05) is 0 Å². The molecule has 0 aromatic heterocycles. The van der Waals surface area contributed by atoms with Gasteiger partial charge in [0.1, 0.15) is 0 Å². The molecule has 1 aromatic carbocycles. The number of nitrogens with zero attached hydrogens (tertiary/aromatic N) is 3. The maximum atomic E-state index is 5.72. The molecule has 0 bridgehead atoms. The Morgan fingerprint density at radius 2 is 1.91 bits per heavy atom. The molecule has 0 amide bonds. The second-order valence-electron chi connectivity index (χ2n) is 8.35. The first-order valence-corrected chi connectivity index (χ1v) is 12.0. The number of halogens is 1. The minimum atomic E-state index is 0. The Morgan fingerprint density at radius 1 is 1.12 bits per heavy atom. The van der Waals surface area contributed by atoms with Gasteiger partial charge in [-0.1, -0.05) is 30.3 Å². The summed E-state index contributed by atoms with van der Waals surface area (Å²) < 4.78 is 11.3. The molecule has 182 valence electrons. The Morgan fingerprint density at radius 3 is 2.62 bits per heavy atom. The lowest BCUT2D eigenvalue weighted by molar-refractivity contribution is 0.0171. The van der Waals surface area contributed by atoms with Gasteiger partial charge in [0.15, 0.2) is 5.96 Å². The van der Waals surface area contributed by atoms with Gasteiger partial charge in [0.2, 0.25) is 0 Å². The summed E-state index contributed by atoms with van der Waals surface area (Å²) in [5, 5.41) is 6.82. The zero-order chi connectivity index (χ0) is 21.6. The molecular formula is C24H42IN5O2. The molecule has 0 radical (unpaired) electrons. The standard InChI is InChI=1S/C24H41N5O2.HI/c1-2-25-24(26-11-7-18-30-21-23-10-6-19-31-23)27-12-13-28-14-16-29(17-15-28)20-22-8-4-3-5-9-22;/h3-5,8-9,23H,2,6-7,10-21H2,1H3,(H2,25,26,27);1H. The fourth-order valence-electron chi connectivity index (χ4n) is 4.03. The third-order valence-corrected chi connectivity index (χ3v) is 5.82. The zero-order valence-electron chi connectivity index (χ0n) is 19.6. The summed E-state index contributed by atoms with van der Waals surface area (Å²) in [6, 6.07) is 10.8. The van der Waals surface area contributed by atoms with Crippen LogP contribution in [0.4, 0.5) is 0 Å². The Labute approximate surface area is 211 Å². The van der Waals surface area contributed by atoms with Gasteiger partial charge in [0.05, 0.1) is 12.7 Å². The average Bonchev–Trinajstić information content (AvgIpc) is 3.31. The molecular weight excluding hydrogens is 517 g/mol. The summed E-state index contributed by atoms with van der Waals surface area (Å²) in [6.07, 6.45) is 3.54. The lowest BCUT2D eigenvalue weighted by atomic mass is 10.2. The summed E-state index contributed by atoms with van der Waals surface area (Å²) in [5.41, 5.74) is 1.40. The number of guanidine groups is 1. The average molecular weight is 560 g/mol. The maximum absolute atomic E-state index is 5.72. The molecule has 2 fully saturated rings. The topological polar surface area (TPSA) is 61.4 Å². The van der Waals surface area contributed by atoms with E-state index in [0.29, 0.717) is 6.10 Å². The first-order chi connectivity index (χ1) is 15.3. The lowest BCUT2D eigenvalue weighted by Gasteiger charge is -2.34. The minimum absolute atomic E-state index is 0. The molecule has 0 spiro atoms. The first-order valence-electron chi connectivity index (χ1n) is 12.0. The molecule has 0 aliphatic carbocycles. The van der Waals surface area contributed by atoms with Crippen molar-refractivity contribution in [1.82, 2.24) is 20.4 Å². The Bertz CT molecular complexity index is 620. The number of rotatable bonds is 12. The number of hydrogen-bond donors (Lipinski definition) is 2. The van der Waals surface area contributed by atoms with Crippen molar-refractivity contribution in [1.29, 1.82) is 0 Å². The van der Waals surface area contributed by atoms with Crippen molar-refractivity contribution in [2.24, 2.45) is 4.99 Å². The van der Waals surface area contributed by atoms with Gasteiger partial charge in [-0.2, -0.15) is 0 Å². The van der Waals surface area contributed by atoms with Gasteiger partial charge >= 0.3 is 0 Å². The highest BCUT2D eigenvalue weighted by Gasteiger charge is 2.17. The number of nitrogens with one attached hydrogen (secondary N) is 2. The molecule has 1 atom stereocenters. The summed E-state index contributed by atoms with van der Waals surface area (Å²) >= 11 is 0. The van der Waals surface area contributed by atoms with E-state index in [1.165, 1.54) is 12.0 Å². The zero-order valence-corrected chi connectivity index (χ0v) is 22.0. The number of ether oxygens (including phenoxy) is 2. The molecule has 8 heteroatoms. The number of benzene rings is 1. The van der Waals surface area contributed by atoms with Crippen molar-refractivity contribution in [3.63, 3.8) is 0 Å². The third kappa shape index (κ3) is 10.8. The van der Waals surface area contributed by atoms with E-state index in [1.54, 1.807) is 0 Å². The van der Waals surface area contributed by atoms with Crippen LogP contribution in [0.3, 0.4) is 0 Å². The van der Waals surface area contributed by atoms with E-state index in [9.17, 15) is 0 Å². The molecule has 1 aromatic rings. The van der Waals surface area contributed by atoms with E-state index >= 15 is 0 Å². The summed E-state index contributed by atoms with van der Waals surface area (Å²) in [4.78, 5) is 9.77. The second-order valence-corrected chi connectivity index (χ2v) is 8.35. The molecule has 1 unspecified atom stereocenters. The van der Waals surface area contributed by atoms with E-state index in [2.05, 4.69) is 62.7 Å². The molecule has 0 saturated carbocycles. The van der Waals surface area contributed by atoms with Crippen LogP contribution in [0, 0.1) is 0 Å². The van der Waals surface area contributed by atoms with E-state index < -0.39 is 0 Å². The van der Waals surface area contributed by atoms with Gasteiger partial charge in [0, 0.05) is 72.1 Å². The second kappa shape index (κ2) is 16.6. The van der Waals surface area contributed by atoms with Gasteiger partial charge in [-0.05, 0) is 31.7 Å². The van der Waals surface area contributed by atoms with Crippen molar-refractivity contribution >= 4 is 29.9 Å². The highest BCUT2D eigenvalue weighted by molar-refractivity contribution is 14.0. The normalized spacial score (nSPS) is 20.2. The Kier molecular flexibility index (Phi) is 14.2. The largest absolute Gasteiger partial charge is 0.379 e. The maximum Gasteiger partial charge on any atom is 0.191 e. The summed E-state index contributed by atoms with van der Waals surface area (Å²) in [5.74, 6) is 0.907. The number of piperazine rings is 1. The van der Waals surface area contributed by atoms with Crippen LogP contribution >= 0.6 is 24.0 Å². The Balaban J connectivity index is 0.00000363. The smallest absolute Gasteiger partial charge is 0.191 e. The van der Waals surface area contributed by atoms with Crippen LogP contribution < -0.4 is 10.6 Å². The fraction of sp³-hybridized carbons (Fsp3) is 0.708. The van der Waals surface area contributed by atoms with Gasteiger partial charge in [-0.3, -0.25) is 14.8 Å². The van der Waals surface area contributed by atoms with Crippen molar-refractivity contribution < 1.29 is 9.47 Å². The highest BCUT2D eigenvalue weighted by atomic mass is 127. The fourth-order valence-corrected chi connectivity index (χ4v) is 4.03. The van der Waals surface area contributed by atoms with Crippen molar-refractivity contribution in [2.75, 3.05) is 72.2 Å². The first kappa shape index (κ1) is 27.3. The lowest BCUT2D eigenvalue weighted by Crippen LogP contribution is -2.49. The third-order valence-electron chi connectivity index (χ3n) is 5.82. The molecule has 3 rings (SSSR count). The molecule has 2 aliphatic heterocycles. The van der Waals surface area contributed by atoms with E-state index in [4.69, 9.17) is 9.47 Å². The van der Waals surface area contributed by atoms with E-state index in [-0.39, 0.29) is 24.0 Å². The van der Waals surface area contributed by atoms with Crippen LogP contribution in [0.15, 0.2) is 35.3 Å². The quantitative estimate of drug-likeness (QED) is 0.178. The van der Waals surface area contributed by atoms with Crippen LogP contribution in [0.1, 0.15) is 31.7 Å². The van der Waals surface area contributed by atoms with Crippen LogP contribution in [-0.4, -0.2) is 94.0 Å². The van der Waals surface area contributed by atoms with E-state index in [0.717, 1.165) is 97.5 Å². The van der Waals surface area contributed by atoms with Gasteiger partial charge < -0.3 is 20.1 Å². The van der Waals surface area contributed by atoms with Gasteiger partial charge in [0.25, 0.3) is 0 Å². The van der Waals surface area contributed by atoms with Crippen molar-refractivity contribution in [3.8, 4) is 0 Å². The van der Waals surface area contributed by atoms with Gasteiger partial charge in [-0.15, -0.1) is 24.0 Å². The number of hydrogen-bond acceptors (Lipinski definition) is 5. The SMILES string of the molecule is CCNC(=NCCCOCC1CCCO1)NCCN1CCN(Cc2ccccc2)CC1.I. The molecule has 2 heterocycles. The molecule has 2 aliphatic rings. The van der Waals surface area contributed by atoms with Crippen LogP contribution in [-0.2, 0) is 16.0 Å². The van der Waals surface area contributed by atoms with Crippen LogP contribution in [0.5, 0.6) is 0 Å². The van der Waals surface area contributed by atoms with Gasteiger partial charge in [-0.25, -0.2) is 0 Å². The predicted molar refractivity (Wildman–Crippen MR) is 142 cm³/mol. The van der Waals surface area contributed by atoms with Crippen LogP contribution in [0.25, 0.3) is 0 Å². The summed E-state index contributed by atoms with van der Waals surface area (Å²) in [6.45, 7) is 13.7. The molecule has 7 nitrogen and oxygen atoms in total. The Hall–Kier alpha value is -0.940. The monoisotopic (exact) mass is 559 g/mol. The minimum Gasteiger partial charge on any atom is -0.379 e. The molecule has 2 saturated heterocycles. The molecule has 2 N–H and O–H groups in total. The molecule has 32 heavy (non-hydrogen) atoms. The summed E-state index contributed by atoms with van der Waals surface area (Å²) in [7, 11) is 0.